The summed E-state index contributed by atoms with van der Waals surface area (Å²) in [5.74, 6) is 0.674. The molecule has 4 N–H and O–H groups in total. The van der Waals surface area contributed by atoms with Gasteiger partial charge in [-0.2, -0.15) is 0 Å². The second-order valence-electron chi connectivity index (χ2n) is 6.08. The van der Waals surface area contributed by atoms with Crippen molar-refractivity contribution in [1.82, 2.24) is 0 Å². The minimum atomic E-state index is -0.760. The van der Waals surface area contributed by atoms with Crippen LogP contribution in [0.15, 0.2) is 36.4 Å². The van der Waals surface area contributed by atoms with Gasteiger partial charge in [0.2, 0.25) is 0 Å². The summed E-state index contributed by atoms with van der Waals surface area (Å²) in [5.41, 5.74) is 1.46. The topological polar surface area (TPSA) is 118 Å². The van der Waals surface area contributed by atoms with Gasteiger partial charge in [0.15, 0.2) is 23.0 Å². The fourth-order valence-electron chi connectivity index (χ4n) is 2.59. The van der Waals surface area contributed by atoms with E-state index in [-0.39, 0.29) is 37.9 Å². The van der Waals surface area contributed by atoms with Crippen molar-refractivity contribution in [3.05, 3.63) is 47.5 Å². The largest absolute Gasteiger partial charge is 0.504 e. The molecule has 28 heavy (non-hydrogen) atoms. The number of ether oxygens (including phenoxy) is 4. The molecule has 0 fully saturated rings. The van der Waals surface area contributed by atoms with Crippen molar-refractivity contribution in [1.29, 1.82) is 0 Å². The first-order valence-electron chi connectivity index (χ1n) is 8.69. The Morgan fingerprint density at radius 2 is 1.11 bits per heavy atom. The van der Waals surface area contributed by atoms with E-state index in [4.69, 9.17) is 18.9 Å². The van der Waals surface area contributed by atoms with Crippen LogP contribution in [0.3, 0.4) is 0 Å². The van der Waals surface area contributed by atoms with Gasteiger partial charge < -0.3 is 39.4 Å². The minimum Gasteiger partial charge on any atom is -0.504 e. The predicted molar refractivity (Wildman–Crippen MR) is 101 cm³/mol. The van der Waals surface area contributed by atoms with Crippen LogP contribution in [-0.2, 0) is 22.7 Å². The lowest BCUT2D eigenvalue weighted by atomic mass is 10.2. The van der Waals surface area contributed by atoms with Crippen molar-refractivity contribution >= 4 is 0 Å². The fraction of sp³-hybridized carbons (Fsp3) is 0.400. The summed E-state index contributed by atoms with van der Waals surface area (Å²) < 4.78 is 21.5. The first-order valence-corrected chi connectivity index (χ1v) is 8.69. The van der Waals surface area contributed by atoms with E-state index in [1.54, 1.807) is 24.3 Å². The summed E-state index contributed by atoms with van der Waals surface area (Å²) >= 11 is 0. The molecule has 0 radical (unpaired) electrons. The quantitative estimate of drug-likeness (QED) is 0.454. The van der Waals surface area contributed by atoms with E-state index in [1.807, 2.05) is 0 Å². The minimum absolute atomic E-state index is 0.0193. The van der Waals surface area contributed by atoms with Crippen LogP contribution in [0.4, 0.5) is 0 Å². The average Bonchev–Trinajstić information content (AvgIpc) is 2.72. The predicted octanol–water partition coefficient (Wildman–Crippen LogP) is 1.57. The number of hydrogen-bond acceptors (Lipinski definition) is 8. The van der Waals surface area contributed by atoms with E-state index in [9.17, 15) is 20.4 Å². The van der Waals surface area contributed by atoms with Crippen LogP contribution >= 0.6 is 0 Å². The van der Waals surface area contributed by atoms with Crippen LogP contribution in [0, 0.1) is 0 Å². The fourth-order valence-corrected chi connectivity index (χ4v) is 2.59. The number of methoxy groups -OCH3 is 2. The molecule has 0 spiro atoms. The van der Waals surface area contributed by atoms with Gasteiger partial charge in [-0.3, -0.25) is 0 Å². The van der Waals surface area contributed by atoms with E-state index >= 15 is 0 Å². The number of aliphatic hydroxyl groups is 2. The maximum Gasteiger partial charge on any atom is 0.160 e. The Balaban J connectivity index is 1.96. The molecule has 2 atom stereocenters. The zero-order chi connectivity index (χ0) is 20.5. The highest BCUT2D eigenvalue weighted by molar-refractivity contribution is 5.42. The number of aliphatic hydroxyl groups excluding tert-OH is 2. The summed E-state index contributed by atoms with van der Waals surface area (Å²) in [7, 11) is 2.90. The molecule has 0 bridgehead atoms. The van der Waals surface area contributed by atoms with Crippen molar-refractivity contribution in [3.8, 4) is 23.0 Å². The Bertz CT molecular complexity index is 685. The van der Waals surface area contributed by atoms with E-state index in [1.165, 1.54) is 26.4 Å². The average molecular weight is 394 g/mol. The zero-order valence-corrected chi connectivity index (χ0v) is 15.9. The maximum atomic E-state index is 9.63. The summed E-state index contributed by atoms with van der Waals surface area (Å²) in [6.45, 7) is -0.428. The van der Waals surface area contributed by atoms with Gasteiger partial charge in [0.05, 0.1) is 40.6 Å². The number of aromatic hydroxyl groups is 2. The van der Waals surface area contributed by atoms with Gasteiger partial charge in [0, 0.05) is 0 Å². The molecule has 0 aliphatic heterocycles. The number of benzene rings is 2. The summed E-state index contributed by atoms with van der Waals surface area (Å²) in [5, 5.41) is 38.5. The second-order valence-corrected chi connectivity index (χ2v) is 6.08. The van der Waals surface area contributed by atoms with Crippen LogP contribution in [0.2, 0.25) is 0 Å². The monoisotopic (exact) mass is 394 g/mol. The Morgan fingerprint density at radius 3 is 1.43 bits per heavy atom. The number of phenols is 2. The third kappa shape index (κ3) is 5.74. The Labute approximate surface area is 163 Å². The van der Waals surface area contributed by atoms with Gasteiger partial charge in [-0.05, 0) is 35.4 Å². The molecule has 8 heteroatoms. The van der Waals surface area contributed by atoms with Gasteiger partial charge in [0.1, 0.15) is 12.2 Å². The highest BCUT2D eigenvalue weighted by atomic mass is 16.6. The lowest BCUT2D eigenvalue weighted by molar-refractivity contribution is -0.119. The third-order valence-electron chi connectivity index (χ3n) is 4.19. The lowest BCUT2D eigenvalue weighted by Crippen LogP contribution is -2.37. The van der Waals surface area contributed by atoms with E-state index < -0.39 is 12.2 Å². The number of rotatable bonds is 11. The molecular weight excluding hydrogens is 368 g/mol. The molecule has 2 aromatic rings. The highest BCUT2D eigenvalue weighted by Gasteiger charge is 2.22. The number of hydrogen-bond donors (Lipinski definition) is 4. The molecule has 8 nitrogen and oxygen atoms in total. The molecule has 0 aromatic heterocycles. The Hall–Kier alpha value is -2.52. The molecule has 2 aromatic carbocycles. The van der Waals surface area contributed by atoms with E-state index in [0.717, 1.165) is 11.1 Å². The summed E-state index contributed by atoms with van der Waals surface area (Å²) in [4.78, 5) is 0. The lowest BCUT2D eigenvalue weighted by Gasteiger charge is -2.25. The van der Waals surface area contributed by atoms with Crippen molar-refractivity contribution < 1.29 is 39.4 Å². The Kier molecular flexibility index (Phi) is 8.34. The molecule has 0 saturated heterocycles. The van der Waals surface area contributed by atoms with Crippen LogP contribution in [0.5, 0.6) is 23.0 Å². The first kappa shape index (κ1) is 21.8. The third-order valence-corrected chi connectivity index (χ3v) is 4.19. The maximum absolute atomic E-state index is 9.63. The van der Waals surface area contributed by atoms with Gasteiger partial charge in [0.25, 0.3) is 0 Å². The molecule has 154 valence electrons. The summed E-state index contributed by atoms with van der Waals surface area (Å²) in [6.07, 6.45) is -1.52. The van der Waals surface area contributed by atoms with Crippen LogP contribution in [-0.4, -0.2) is 60.1 Å². The van der Waals surface area contributed by atoms with Gasteiger partial charge >= 0.3 is 0 Å². The first-order chi connectivity index (χ1) is 13.5. The molecule has 0 aliphatic carbocycles. The van der Waals surface area contributed by atoms with Crippen LogP contribution < -0.4 is 9.47 Å². The van der Waals surface area contributed by atoms with Gasteiger partial charge in [-0.25, -0.2) is 0 Å². The van der Waals surface area contributed by atoms with Crippen molar-refractivity contribution in [3.63, 3.8) is 0 Å². The molecule has 0 heterocycles. The highest BCUT2D eigenvalue weighted by Crippen LogP contribution is 2.28. The van der Waals surface area contributed by atoms with E-state index in [2.05, 4.69) is 0 Å². The SMILES string of the molecule is COc1cc(CO[C@H](CO)[C@@H](CO)OCc2ccc(O)c(OC)c2)ccc1O. The van der Waals surface area contributed by atoms with Crippen molar-refractivity contribution in [2.24, 2.45) is 0 Å². The molecular formula is C20H26O8. The molecule has 0 saturated carbocycles. The molecule has 0 aliphatic rings. The summed E-state index contributed by atoms with van der Waals surface area (Å²) in [6, 6.07) is 9.57. The smallest absolute Gasteiger partial charge is 0.160 e. The molecule has 2 rings (SSSR count). The van der Waals surface area contributed by atoms with E-state index in [0.29, 0.717) is 11.5 Å². The molecule has 0 amide bonds. The van der Waals surface area contributed by atoms with Crippen molar-refractivity contribution in [2.75, 3.05) is 27.4 Å². The molecule has 0 unspecified atom stereocenters. The normalized spacial score (nSPS) is 13.1. The van der Waals surface area contributed by atoms with Gasteiger partial charge in [-0.1, -0.05) is 12.1 Å². The van der Waals surface area contributed by atoms with Crippen LogP contribution in [0.25, 0.3) is 0 Å². The zero-order valence-electron chi connectivity index (χ0n) is 15.9. The van der Waals surface area contributed by atoms with Crippen molar-refractivity contribution in [2.45, 2.75) is 25.4 Å². The second kappa shape index (κ2) is 10.7. The number of phenolic OH excluding ortho intramolecular Hbond substituents is 2. The van der Waals surface area contributed by atoms with Crippen LogP contribution in [0.1, 0.15) is 11.1 Å². The van der Waals surface area contributed by atoms with Gasteiger partial charge in [-0.15, -0.1) is 0 Å². The standard InChI is InChI=1S/C20H26O8/c1-25-17-7-13(3-5-15(17)23)11-27-19(9-21)20(10-22)28-12-14-4-6-16(24)18(8-14)26-2/h3-8,19-24H,9-12H2,1-2H3/t19-,20-/m1/s1. The Morgan fingerprint density at radius 1 is 0.714 bits per heavy atom.